The zero-order valence-electron chi connectivity index (χ0n) is 9.26. The van der Waals surface area contributed by atoms with Crippen molar-refractivity contribution in [2.45, 2.75) is 4.90 Å². The second kappa shape index (κ2) is 4.91. The van der Waals surface area contributed by atoms with Crippen molar-refractivity contribution in [3.8, 4) is 0 Å². The number of nitrogens with one attached hydrogen (secondary N) is 1. The summed E-state index contributed by atoms with van der Waals surface area (Å²) in [6.07, 6.45) is 4.64. The van der Waals surface area contributed by atoms with Crippen molar-refractivity contribution in [1.82, 2.24) is 9.55 Å². The minimum Gasteiger partial charge on any atom is -0.356 e. The molecule has 8 heteroatoms. The first-order chi connectivity index (χ1) is 8.38. The Bertz CT molecular complexity index is 684. The molecular formula is C10H9BrClN3O2S. The molecule has 18 heavy (non-hydrogen) atoms. The van der Waals surface area contributed by atoms with E-state index in [9.17, 15) is 8.42 Å². The number of aryl methyl sites for hydroxylation is 1. The van der Waals surface area contributed by atoms with E-state index in [1.54, 1.807) is 23.9 Å². The molecule has 0 atom stereocenters. The minimum absolute atomic E-state index is 0.0951. The number of hydrogen-bond donors (Lipinski definition) is 1. The molecule has 0 aromatic carbocycles. The van der Waals surface area contributed by atoms with Crippen molar-refractivity contribution < 1.29 is 8.42 Å². The number of sulfonamides is 1. The molecule has 0 saturated carbocycles. The molecule has 0 saturated heterocycles. The highest BCUT2D eigenvalue weighted by Crippen LogP contribution is 2.25. The molecule has 2 aromatic heterocycles. The van der Waals surface area contributed by atoms with Crippen molar-refractivity contribution >= 4 is 43.2 Å². The predicted molar refractivity (Wildman–Crippen MR) is 73.2 cm³/mol. The number of pyridine rings is 1. The van der Waals surface area contributed by atoms with Crippen LogP contribution in [0.25, 0.3) is 0 Å². The number of nitrogens with zero attached hydrogens (tertiary/aromatic N) is 2. The van der Waals surface area contributed by atoms with Crippen molar-refractivity contribution in [3.05, 3.63) is 40.3 Å². The molecule has 0 aliphatic heterocycles. The Hall–Kier alpha value is -1.05. The van der Waals surface area contributed by atoms with Gasteiger partial charge in [-0.15, -0.1) is 0 Å². The summed E-state index contributed by atoms with van der Waals surface area (Å²) in [5.74, 6) is 0. The fourth-order valence-electron chi connectivity index (χ4n) is 1.33. The van der Waals surface area contributed by atoms with Crippen molar-refractivity contribution in [3.63, 3.8) is 0 Å². The fourth-order valence-corrected chi connectivity index (χ4v) is 2.98. The van der Waals surface area contributed by atoms with Crippen LogP contribution in [0.15, 0.2) is 40.1 Å². The third-order valence-electron chi connectivity index (χ3n) is 2.17. The number of aromatic nitrogens is 2. The van der Waals surface area contributed by atoms with Crippen LogP contribution in [0.2, 0.25) is 5.15 Å². The first-order valence-electron chi connectivity index (χ1n) is 4.84. The van der Waals surface area contributed by atoms with E-state index < -0.39 is 10.0 Å². The smallest absolute Gasteiger partial charge is 0.263 e. The summed E-state index contributed by atoms with van der Waals surface area (Å²) < 4.78 is 28.8. The number of anilines is 1. The van der Waals surface area contributed by atoms with Crippen molar-refractivity contribution in [2.75, 3.05) is 4.72 Å². The highest BCUT2D eigenvalue weighted by Gasteiger charge is 2.17. The fraction of sp³-hybridized carbons (Fsp3) is 0.100. The summed E-state index contributed by atoms with van der Waals surface area (Å²) in [6, 6.07) is 3.05. The second-order valence-electron chi connectivity index (χ2n) is 3.61. The molecule has 96 valence electrons. The quantitative estimate of drug-likeness (QED) is 0.866. The van der Waals surface area contributed by atoms with Crippen LogP contribution in [0, 0.1) is 0 Å². The predicted octanol–water partition coefficient (Wildman–Crippen LogP) is 2.64. The van der Waals surface area contributed by atoms with Crippen LogP contribution in [0.3, 0.4) is 0 Å². The van der Waals surface area contributed by atoms with Crippen LogP contribution in [0.4, 0.5) is 5.69 Å². The van der Waals surface area contributed by atoms with Crippen LogP contribution in [0.5, 0.6) is 0 Å². The molecular weight excluding hydrogens is 342 g/mol. The Balaban J connectivity index is 2.36. The molecule has 2 heterocycles. The largest absolute Gasteiger partial charge is 0.356 e. The molecule has 0 aliphatic rings. The number of halogens is 2. The Labute approximate surface area is 118 Å². The van der Waals surface area contributed by atoms with E-state index in [-0.39, 0.29) is 15.7 Å². The van der Waals surface area contributed by atoms with Crippen LogP contribution in [0.1, 0.15) is 0 Å². The lowest BCUT2D eigenvalue weighted by Crippen LogP contribution is -2.13. The van der Waals surface area contributed by atoms with Gasteiger partial charge in [0.25, 0.3) is 10.0 Å². The van der Waals surface area contributed by atoms with Gasteiger partial charge in [0, 0.05) is 30.1 Å². The average Bonchev–Trinajstić information content (AvgIpc) is 2.71. The molecule has 0 spiro atoms. The standard InChI is InChI=1S/C10H9BrClN3O2S/c1-15-3-2-8(6-15)18(16,17)14-9-4-7(11)5-13-10(9)12/h2-6,14H,1H3. The molecule has 0 unspecified atom stereocenters. The summed E-state index contributed by atoms with van der Waals surface area (Å²) in [5.41, 5.74) is 0.231. The zero-order chi connectivity index (χ0) is 13.3. The van der Waals surface area contributed by atoms with Gasteiger partial charge < -0.3 is 4.57 Å². The van der Waals surface area contributed by atoms with E-state index in [4.69, 9.17) is 11.6 Å². The molecule has 0 amide bonds. The van der Waals surface area contributed by atoms with E-state index in [1.165, 1.54) is 18.5 Å². The van der Waals surface area contributed by atoms with Gasteiger partial charge in [-0.1, -0.05) is 11.6 Å². The molecule has 2 aromatic rings. The number of hydrogen-bond acceptors (Lipinski definition) is 3. The maximum absolute atomic E-state index is 12.1. The summed E-state index contributed by atoms with van der Waals surface area (Å²) in [6.45, 7) is 0. The maximum Gasteiger partial charge on any atom is 0.263 e. The zero-order valence-corrected chi connectivity index (χ0v) is 12.4. The topological polar surface area (TPSA) is 64.0 Å². The molecule has 5 nitrogen and oxygen atoms in total. The Kier molecular flexibility index (Phi) is 3.65. The first-order valence-corrected chi connectivity index (χ1v) is 7.50. The highest BCUT2D eigenvalue weighted by atomic mass is 79.9. The third kappa shape index (κ3) is 2.85. The molecule has 0 bridgehead atoms. The summed E-state index contributed by atoms with van der Waals surface area (Å²) >= 11 is 9.03. The van der Waals surface area contributed by atoms with E-state index in [0.717, 1.165) is 0 Å². The summed E-state index contributed by atoms with van der Waals surface area (Å²) in [5, 5.41) is 0.0951. The van der Waals surface area contributed by atoms with Gasteiger partial charge in [0.05, 0.1) is 5.69 Å². The Morgan fingerprint density at radius 3 is 2.83 bits per heavy atom. The molecule has 2 rings (SSSR count). The van der Waals surface area contributed by atoms with Gasteiger partial charge in [0.15, 0.2) is 5.15 Å². The lowest BCUT2D eigenvalue weighted by atomic mass is 10.4. The van der Waals surface area contributed by atoms with E-state index in [1.807, 2.05) is 0 Å². The molecule has 1 N–H and O–H groups in total. The SMILES string of the molecule is Cn1ccc(S(=O)(=O)Nc2cc(Br)cnc2Cl)c1. The Morgan fingerprint density at radius 1 is 1.50 bits per heavy atom. The van der Waals surface area contributed by atoms with Gasteiger partial charge in [0.1, 0.15) is 4.90 Å². The lowest BCUT2D eigenvalue weighted by molar-refractivity contribution is 0.601. The lowest BCUT2D eigenvalue weighted by Gasteiger charge is -2.07. The van der Waals surface area contributed by atoms with Gasteiger partial charge in [-0.3, -0.25) is 4.72 Å². The first kappa shape index (κ1) is 13.4. The van der Waals surface area contributed by atoms with Gasteiger partial charge in [0.2, 0.25) is 0 Å². The minimum atomic E-state index is -3.65. The van der Waals surface area contributed by atoms with E-state index >= 15 is 0 Å². The Morgan fingerprint density at radius 2 is 2.22 bits per heavy atom. The van der Waals surface area contributed by atoms with E-state index in [2.05, 4.69) is 25.6 Å². The summed E-state index contributed by atoms with van der Waals surface area (Å²) in [4.78, 5) is 4.02. The highest BCUT2D eigenvalue weighted by molar-refractivity contribution is 9.10. The van der Waals surface area contributed by atoms with Crippen molar-refractivity contribution in [1.29, 1.82) is 0 Å². The van der Waals surface area contributed by atoms with Crippen LogP contribution < -0.4 is 4.72 Å². The van der Waals surface area contributed by atoms with Gasteiger partial charge in [-0.2, -0.15) is 0 Å². The van der Waals surface area contributed by atoms with Gasteiger partial charge in [-0.05, 0) is 28.1 Å². The van der Waals surface area contributed by atoms with Gasteiger partial charge >= 0.3 is 0 Å². The molecule has 0 fully saturated rings. The van der Waals surface area contributed by atoms with Crippen LogP contribution in [-0.4, -0.2) is 18.0 Å². The third-order valence-corrected chi connectivity index (χ3v) is 4.25. The average molecular weight is 351 g/mol. The van der Waals surface area contributed by atoms with Crippen LogP contribution in [-0.2, 0) is 17.1 Å². The van der Waals surface area contributed by atoms with Crippen molar-refractivity contribution in [2.24, 2.45) is 7.05 Å². The normalized spacial score (nSPS) is 11.5. The molecule has 0 aliphatic carbocycles. The molecule has 0 radical (unpaired) electrons. The summed E-state index contributed by atoms with van der Waals surface area (Å²) in [7, 11) is -1.91. The van der Waals surface area contributed by atoms with Crippen LogP contribution >= 0.6 is 27.5 Å². The maximum atomic E-state index is 12.1. The van der Waals surface area contributed by atoms with Gasteiger partial charge in [-0.25, -0.2) is 13.4 Å². The monoisotopic (exact) mass is 349 g/mol. The number of rotatable bonds is 3. The van der Waals surface area contributed by atoms with E-state index in [0.29, 0.717) is 4.47 Å². The second-order valence-corrected chi connectivity index (χ2v) is 6.57.